The van der Waals surface area contributed by atoms with E-state index in [-0.39, 0.29) is 6.79 Å². The van der Waals surface area contributed by atoms with E-state index in [1.54, 1.807) is 36.4 Å². The Hall–Kier alpha value is -3.06. The van der Waals surface area contributed by atoms with Crippen molar-refractivity contribution in [3.8, 4) is 11.5 Å². The molecule has 0 spiro atoms. The molecule has 1 amide bonds. The lowest BCUT2D eigenvalue weighted by atomic mass is 10.2. The Balaban J connectivity index is 1.53. The molecule has 2 heterocycles. The summed E-state index contributed by atoms with van der Waals surface area (Å²) in [7, 11) is 0. The van der Waals surface area contributed by atoms with E-state index < -0.39 is 18.0 Å². The molecule has 134 valence electrons. The highest BCUT2D eigenvalue weighted by molar-refractivity contribution is 6.30. The number of rotatable bonds is 5. The highest BCUT2D eigenvalue weighted by Gasteiger charge is 2.17. The zero-order chi connectivity index (χ0) is 18.5. The van der Waals surface area contributed by atoms with E-state index in [0.717, 1.165) is 5.56 Å². The number of carbonyl (C=O) groups excluding carboxylic acids is 2. The zero-order valence-electron chi connectivity index (χ0n) is 13.8. The maximum Gasteiger partial charge on any atom is 0.331 e. The number of carbonyl (C=O) groups is 2. The van der Waals surface area contributed by atoms with Crippen LogP contribution in [-0.2, 0) is 14.3 Å². The summed E-state index contributed by atoms with van der Waals surface area (Å²) in [5, 5.41) is 2.99. The van der Waals surface area contributed by atoms with Crippen LogP contribution in [0.3, 0.4) is 0 Å². The summed E-state index contributed by atoms with van der Waals surface area (Å²) in [6, 6.07) is 8.42. The molecular weight excluding hydrogens is 360 g/mol. The molecule has 0 saturated heterocycles. The van der Waals surface area contributed by atoms with Gasteiger partial charge in [-0.2, -0.15) is 0 Å². The van der Waals surface area contributed by atoms with Crippen molar-refractivity contribution >= 4 is 35.4 Å². The number of esters is 1. The summed E-state index contributed by atoms with van der Waals surface area (Å²) >= 11 is 5.73. The Kier molecular flexibility index (Phi) is 5.38. The molecule has 3 rings (SSSR count). The molecular formula is C18H15ClN2O5. The first-order valence-electron chi connectivity index (χ1n) is 7.72. The molecule has 0 bridgehead atoms. The van der Waals surface area contributed by atoms with Gasteiger partial charge in [-0.05, 0) is 42.8 Å². The zero-order valence-corrected chi connectivity index (χ0v) is 14.5. The fraction of sp³-hybridized carbons (Fsp3) is 0.167. The number of ether oxygens (including phenoxy) is 3. The lowest BCUT2D eigenvalue weighted by molar-refractivity contribution is -0.148. The molecule has 1 aromatic heterocycles. The number of amides is 1. The third-order valence-corrected chi connectivity index (χ3v) is 3.67. The van der Waals surface area contributed by atoms with E-state index >= 15 is 0 Å². The van der Waals surface area contributed by atoms with Crippen LogP contribution in [0.5, 0.6) is 11.5 Å². The molecule has 0 aliphatic carbocycles. The fourth-order valence-electron chi connectivity index (χ4n) is 2.13. The number of aromatic nitrogens is 1. The molecule has 0 unspecified atom stereocenters. The highest BCUT2D eigenvalue weighted by Crippen LogP contribution is 2.32. The number of anilines is 1. The van der Waals surface area contributed by atoms with Gasteiger partial charge >= 0.3 is 5.97 Å². The minimum atomic E-state index is -0.985. The molecule has 0 radical (unpaired) electrons. The highest BCUT2D eigenvalue weighted by atomic mass is 35.5. The quantitative estimate of drug-likeness (QED) is 0.639. The molecule has 8 heteroatoms. The maximum absolute atomic E-state index is 12.0. The minimum absolute atomic E-state index is 0.180. The van der Waals surface area contributed by atoms with Gasteiger partial charge in [-0.1, -0.05) is 17.7 Å². The first-order valence-corrected chi connectivity index (χ1v) is 8.10. The largest absolute Gasteiger partial charge is 0.454 e. The molecule has 26 heavy (non-hydrogen) atoms. The van der Waals surface area contributed by atoms with E-state index in [0.29, 0.717) is 22.3 Å². The summed E-state index contributed by atoms with van der Waals surface area (Å²) in [5.41, 5.74) is 0.744. The summed E-state index contributed by atoms with van der Waals surface area (Å²) in [6.45, 7) is 1.65. The monoisotopic (exact) mass is 374 g/mol. The Bertz CT molecular complexity index is 851. The first-order chi connectivity index (χ1) is 12.5. The van der Waals surface area contributed by atoms with Crippen molar-refractivity contribution in [2.75, 3.05) is 12.1 Å². The van der Waals surface area contributed by atoms with Crippen molar-refractivity contribution in [3.05, 3.63) is 53.2 Å². The van der Waals surface area contributed by atoms with E-state index in [1.165, 1.54) is 19.2 Å². The Morgan fingerprint density at radius 2 is 2.08 bits per heavy atom. The Labute approximate surface area is 154 Å². The van der Waals surface area contributed by atoms with E-state index in [1.807, 2.05) is 0 Å². The summed E-state index contributed by atoms with van der Waals surface area (Å²) < 4.78 is 15.6. The second-order valence-electron chi connectivity index (χ2n) is 5.38. The SMILES string of the molecule is C[C@@H](OC(=O)/C=C\c1ccc2c(c1)OCO2)C(=O)Nc1ccc(Cl)cn1. The molecule has 0 fully saturated rings. The Morgan fingerprint density at radius 1 is 1.27 bits per heavy atom. The van der Waals surface area contributed by atoms with Crippen LogP contribution < -0.4 is 14.8 Å². The summed E-state index contributed by atoms with van der Waals surface area (Å²) in [6.07, 6.45) is 3.22. The predicted octanol–water partition coefficient (Wildman–Crippen LogP) is 3.05. The van der Waals surface area contributed by atoms with Gasteiger partial charge in [0, 0.05) is 12.3 Å². The first kappa shape index (κ1) is 17.8. The van der Waals surface area contributed by atoms with Crippen molar-refractivity contribution in [2.24, 2.45) is 0 Å². The number of pyridine rings is 1. The molecule has 1 aliphatic heterocycles. The number of nitrogens with one attached hydrogen (secondary N) is 1. The second-order valence-corrected chi connectivity index (χ2v) is 5.81. The number of halogens is 1. The molecule has 7 nitrogen and oxygen atoms in total. The van der Waals surface area contributed by atoms with Gasteiger partial charge in [-0.25, -0.2) is 9.78 Å². The lowest BCUT2D eigenvalue weighted by Gasteiger charge is -2.11. The van der Waals surface area contributed by atoms with Crippen LogP contribution in [0, 0.1) is 0 Å². The molecule has 1 atom stereocenters. The summed E-state index contributed by atoms with van der Waals surface area (Å²) in [4.78, 5) is 27.8. The predicted molar refractivity (Wildman–Crippen MR) is 95.0 cm³/mol. The number of benzene rings is 1. The maximum atomic E-state index is 12.0. The van der Waals surface area contributed by atoms with Gasteiger partial charge in [-0.15, -0.1) is 0 Å². The Morgan fingerprint density at radius 3 is 2.85 bits per heavy atom. The van der Waals surface area contributed by atoms with Gasteiger partial charge in [0.2, 0.25) is 6.79 Å². The van der Waals surface area contributed by atoms with Gasteiger partial charge in [-0.3, -0.25) is 4.79 Å². The third-order valence-electron chi connectivity index (χ3n) is 3.45. The van der Waals surface area contributed by atoms with E-state index in [9.17, 15) is 9.59 Å². The number of fused-ring (bicyclic) bond motifs is 1. The van der Waals surface area contributed by atoms with Crippen LogP contribution in [-0.4, -0.2) is 29.8 Å². The standard InChI is InChI=1S/C18H15ClN2O5/c1-11(18(23)21-16-6-4-13(19)9-20-16)26-17(22)7-3-12-2-5-14-15(8-12)25-10-24-14/h2-9,11H,10H2,1H3,(H,20,21,23)/b7-3-/t11-/m1/s1. The average Bonchev–Trinajstić information content (AvgIpc) is 3.09. The number of nitrogens with zero attached hydrogens (tertiary/aromatic N) is 1. The van der Waals surface area contributed by atoms with Gasteiger partial charge in [0.05, 0.1) is 5.02 Å². The number of hydrogen-bond donors (Lipinski definition) is 1. The van der Waals surface area contributed by atoms with Crippen LogP contribution in [0.4, 0.5) is 5.82 Å². The third kappa shape index (κ3) is 4.52. The van der Waals surface area contributed by atoms with Crippen LogP contribution >= 0.6 is 11.6 Å². The van der Waals surface area contributed by atoms with E-state index in [4.69, 9.17) is 25.8 Å². The van der Waals surface area contributed by atoms with Crippen molar-refractivity contribution in [2.45, 2.75) is 13.0 Å². The summed E-state index contributed by atoms with van der Waals surface area (Å²) in [5.74, 6) is 0.451. The van der Waals surface area contributed by atoms with Crippen molar-refractivity contribution in [3.63, 3.8) is 0 Å². The topological polar surface area (TPSA) is 86.8 Å². The normalized spacial score (nSPS) is 13.5. The van der Waals surface area contributed by atoms with E-state index in [2.05, 4.69) is 10.3 Å². The van der Waals surface area contributed by atoms with Crippen LogP contribution in [0.15, 0.2) is 42.6 Å². The van der Waals surface area contributed by atoms with Crippen molar-refractivity contribution in [1.29, 1.82) is 0 Å². The lowest BCUT2D eigenvalue weighted by Crippen LogP contribution is -2.29. The van der Waals surface area contributed by atoms with Crippen LogP contribution in [0.1, 0.15) is 12.5 Å². The molecule has 0 saturated carbocycles. The molecule has 1 N–H and O–H groups in total. The fourth-order valence-corrected chi connectivity index (χ4v) is 2.24. The molecule has 1 aliphatic rings. The van der Waals surface area contributed by atoms with Gasteiger partial charge in [0.15, 0.2) is 17.6 Å². The average molecular weight is 375 g/mol. The molecule has 1 aromatic carbocycles. The molecule has 2 aromatic rings. The van der Waals surface area contributed by atoms with Gasteiger partial charge < -0.3 is 19.5 Å². The van der Waals surface area contributed by atoms with Crippen molar-refractivity contribution < 1.29 is 23.8 Å². The second kappa shape index (κ2) is 7.88. The van der Waals surface area contributed by atoms with Crippen LogP contribution in [0.25, 0.3) is 6.08 Å². The van der Waals surface area contributed by atoms with Crippen LogP contribution in [0.2, 0.25) is 5.02 Å². The smallest absolute Gasteiger partial charge is 0.331 e. The van der Waals surface area contributed by atoms with Gasteiger partial charge in [0.25, 0.3) is 5.91 Å². The van der Waals surface area contributed by atoms with Crippen molar-refractivity contribution in [1.82, 2.24) is 4.98 Å². The van der Waals surface area contributed by atoms with Gasteiger partial charge in [0.1, 0.15) is 5.82 Å². The number of hydrogen-bond acceptors (Lipinski definition) is 6. The minimum Gasteiger partial charge on any atom is -0.454 e.